The lowest BCUT2D eigenvalue weighted by atomic mass is 10.0. The van der Waals surface area contributed by atoms with Crippen LogP contribution in [0, 0.1) is 0 Å². The first-order chi connectivity index (χ1) is 25.8. The van der Waals surface area contributed by atoms with Crippen LogP contribution in [0.5, 0.6) is 0 Å². The van der Waals surface area contributed by atoms with Crippen molar-refractivity contribution in [2.24, 2.45) is 5.73 Å². The first kappa shape index (κ1) is 50.7. The molecule has 306 valence electrons. The molecule has 9 nitrogen and oxygen atoms in total. The van der Waals surface area contributed by atoms with E-state index in [1.807, 2.05) is 12.2 Å². The lowest BCUT2D eigenvalue weighted by Gasteiger charge is -2.19. The van der Waals surface area contributed by atoms with Gasteiger partial charge in [-0.15, -0.1) is 0 Å². The average molecular weight is 766 g/mol. The fourth-order valence-electron chi connectivity index (χ4n) is 5.32. The van der Waals surface area contributed by atoms with Crippen molar-refractivity contribution in [1.82, 2.24) is 0 Å². The quantitative estimate of drug-likeness (QED) is 0.0272. The van der Waals surface area contributed by atoms with E-state index in [2.05, 4.69) is 62.5 Å². The third-order valence-electron chi connectivity index (χ3n) is 8.42. The molecule has 0 saturated heterocycles. The number of hydrogen-bond acceptors (Lipinski definition) is 8. The predicted octanol–water partition coefficient (Wildman–Crippen LogP) is 11.7. The SMILES string of the molecule is CCCCC/C=C\C/C=C\C/C=C\C/C=C\C/C=C\CCC(=O)OC[C@H](COP(=O)(O)OCCN)OC(=O)CCCCCCCCCCCCCCC. The zero-order valence-corrected chi connectivity index (χ0v) is 34.4. The van der Waals surface area contributed by atoms with Crippen LogP contribution in [0.1, 0.15) is 168 Å². The molecule has 3 N–H and O–H groups in total. The zero-order valence-electron chi connectivity index (χ0n) is 33.5. The van der Waals surface area contributed by atoms with Crippen molar-refractivity contribution >= 4 is 19.8 Å². The fourth-order valence-corrected chi connectivity index (χ4v) is 6.09. The number of nitrogens with two attached hydrogens (primary N) is 1. The second kappa shape index (κ2) is 39.4. The number of ether oxygens (including phenoxy) is 2. The maximum Gasteiger partial charge on any atom is 0.472 e. The van der Waals surface area contributed by atoms with Crippen molar-refractivity contribution in [3.05, 3.63) is 60.8 Å². The Hall–Kier alpha value is -2.29. The van der Waals surface area contributed by atoms with Gasteiger partial charge in [-0.1, -0.05) is 164 Å². The highest BCUT2D eigenvalue weighted by Crippen LogP contribution is 2.43. The van der Waals surface area contributed by atoms with Gasteiger partial charge in [0, 0.05) is 19.4 Å². The van der Waals surface area contributed by atoms with Gasteiger partial charge >= 0.3 is 19.8 Å². The van der Waals surface area contributed by atoms with E-state index in [1.54, 1.807) is 0 Å². The molecule has 0 aromatic rings. The molecule has 0 spiro atoms. The van der Waals surface area contributed by atoms with Gasteiger partial charge in [-0.3, -0.25) is 18.6 Å². The Labute approximate surface area is 323 Å². The van der Waals surface area contributed by atoms with Crippen LogP contribution < -0.4 is 5.73 Å². The molecule has 0 fully saturated rings. The minimum Gasteiger partial charge on any atom is -0.462 e. The monoisotopic (exact) mass is 766 g/mol. The van der Waals surface area contributed by atoms with Crippen LogP contribution in [0.25, 0.3) is 0 Å². The first-order valence-corrected chi connectivity index (χ1v) is 22.3. The number of esters is 2. The smallest absolute Gasteiger partial charge is 0.462 e. The Balaban J connectivity index is 4.30. The molecule has 0 heterocycles. The Kier molecular flexibility index (Phi) is 37.7. The van der Waals surface area contributed by atoms with E-state index in [0.717, 1.165) is 44.9 Å². The summed E-state index contributed by atoms with van der Waals surface area (Å²) in [7, 11) is -4.39. The van der Waals surface area contributed by atoms with E-state index < -0.39 is 32.5 Å². The molecule has 0 aliphatic heterocycles. The maximum absolute atomic E-state index is 12.5. The van der Waals surface area contributed by atoms with Crippen LogP contribution in [-0.2, 0) is 32.7 Å². The van der Waals surface area contributed by atoms with Crippen LogP contribution in [0.2, 0.25) is 0 Å². The molecule has 0 rings (SSSR count). The molecule has 0 aliphatic rings. The van der Waals surface area contributed by atoms with Crippen molar-refractivity contribution in [3.8, 4) is 0 Å². The number of carbonyl (C=O) groups is 2. The van der Waals surface area contributed by atoms with Crippen molar-refractivity contribution in [2.45, 2.75) is 174 Å². The standard InChI is InChI=1S/C43H76NO8P/c1-3-5-7-9-11-13-15-17-18-19-20-21-22-24-25-27-29-31-33-35-42(45)49-39-41(40-51-53(47,48)50-38-37-44)52-43(46)36-34-32-30-28-26-23-16-14-12-10-8-6-4-2/h11,13,17-18,20-21,24-25,29,31,41H,3-10,12,14-16,19,22-23,26-28,30,32-40,44H2,1-2H3,(H,47,48)/b13-11-,18-17-,21-20-,25-24-,31-29-/t41-/m1/s1. The highest BCUT2D eigenvalue weighted by atomic mass is 31.2. The topological polar surface area (TPSA) is 134 Å². The van der Waals surface area contributed by atoms with Gasteiger partial charge in [0.25, 0.3) is 0 Å². The van der Waals surface area contributed by atoms with Crippen LogP contribution in [0.15, 0.2) is 60.8 Å². The molecule has 1 unspecified atom stereocenters. The fraction of sp³-hybridized carbons (Fsp3) is 0.721. The van der Waals surface area contributed by atoms with E-state index in [-0.39, 0.29) is 32.6 Å². The molecule has 0 radical (unpaired) electrons. The highest BCUT2D eigenvalue weighted by Gasteiger charge is 2.25. The summed E-state index contributed by atoms with van der Waals surface area (Å²) in [6.07, 6.45) is 45.5. The van der Waals surface area contributed by atoms with Crippen LogP contribution in [0.4, 0.5) is 0 Å². The molecular weight excluding hydrogens is 689 g/mol. The number of phosphoric acid groups is 1. The Morgan fingerprint density at radius 3 is 1.53 bits per heavy atom. The Bertz CT molecular complexity index is 1050. The number of allylic oxidation sites excluding steroid dienone is 10. The number of hydrogen-bond donors (Lipinski definition) is 2. The number of rotatable bonds is 38. The molecule has 2 atom stereocenters. The minimum atomic E-state index is -4.39. The van der Waals surface area contributed by atoms with E-state index in [4.69, 9.17) is 24.3 Å². The molecule has 0 aromatic heterocycles. The van der Waals surface area contributed by atoms with Crippen molar-refractivity contribution in [1.29, 1.82) is 0 Å². The van der Waals surface area contributed by atoms with Crippen molar-refractivity contribution < 1.29 is 37.6 Å². The van der Waals surface area contributed by atoms with Gasteiger partial charge in [0.2, 0.25) is 0 Å². The second-order valence-corrected chi connectivity index (χ2v) is 15.0. The van der Waals surface area contributed by atoms with E-state index >= 15 is 0 Å². The van der Waals surface area contributed by atoms with Crippen LogP contribution >= 0.6 is 7.82 Å². The van der Waals surface area contributed by atoms with Crippen molar-refractivity contribution in [2.75, 3.05) is 26.4 Å². The summed E-state index contributed by atoms with van der Waals surface area (Å²) in [5, 5.41) is 0. The van der Waals surface area contributed by atoms with Gasteiger partial charge in [-0.05, 0) is 51.4 Å². The average Bonchev–Trinajstić information content (AvgIpc) is 3.14. The Morgan fingerprint density at radius 1 is 0.566 bits per heavy atom. The highest BCUT2D eigenvalue weighted by molar-refractivity contribution is 7.47. The summed E-state index contributed by atoms with van der Waals surface area (Å²) in [4.78, 5) is 34.7. The van der Waals surface area contributed by atoms with E-state index in [0.29, 0.717) is 12.8 Å². The lowest BCUT2D eigenvalue weighted by molar-refractivity contribution is -0.161. The van der Waals surface area contributed by atoms with Gasteiger partial charge in [-0.2, -0.15) is 0 Å². The van der Waals surface area contributed by atoms with Gasteiger partial charge in [0.1, 0.15) is 6.61 Å². The summed E-state index contributed by atoms with van der Waals surface area (Å²) in [5.74, 6) is -0.926. The Morgan fingerprint density at radius 2 is 1.02 bits per heavy atom. The van der Waals surface area contributed by atoms with E-state index in [9.17, 15) is 19.0 Å². The zero-order chi connectivity index (χ0) is 38.9. The number of phosphoric ester groups is 1. The normalized spacial score (nSPS) is 14.0. The molecular formula is C43H76NO8P. The molecule has 0 amide bonds. The van der Waals surface area contributed by atoms with Gasteiger partial charge < -0.3 is 20.1 Å². The minimum absolute atomic E-state index is 0.0427. The van der Waals surface area contributed by atoms with Crippen LogP contribution in [0.3, 0.4) is 0 Å². The molecule has 0 bridgehead atoms. The summed E-state index contributed by atoms with van der Waals surface area (Å²) < 4.78 is 32.6. The summed E-state index contributed by atoms with van der Waals surface area (Å²) in [5.41, 5.74) is 5.33. The van der Waals surface area contributed by atoms with Crippen molar-refractivity contribution in [3.63, 3.8) is 0 Å². The van der Waals surface area contributed by atoms with Gasteiger partial charge in [-0.25, -0.2) is 4.57 Å². The predicted molar refractivity (Wildman–Crippen MR) is 219 cm³/mol. The largest absolute Gasteiger partial charge is 0.472 e. The molecule has 53 heavy (non-hydrogen) atoms. The molecule has 0 saturated carbocycles. The second-order valence-electron chi connectivity index (χ2n) is 13.5. The number of carbonyl (C=O) groups excluding carboxylic acids is 2. The summed E-state index contributed by atoms with van der Waals surface area (Å²) >= 11 is 0. The molecule has 10 heteroatoms. The lowest BCUT2D eigenvalue weighted by Crippen LogP contribution is -2.29. The van der Waals surface area contributed by atoms with Crippen LogP contribution in [-0.4, -0.2) is 49.3 Å². The first-order valence-electron chi connectivity index (χ1n) is 20.8. The third-order valence-corrected chi connectivity index (χ3v) is 9.40. The maximum atomic E-state index is 12.5. The summed E-state index contributed by atoms with van der Waals surface area (Å²) in [6, 6.07) is 0. The molecule has 0 aliphatic carbocycles. The summed E-state index contributed by atoms with van der Waals surface area (Å²) in [6.45, 7) is 3.61. The molecule has 0 aromatic carbocycles. The van der Waals surface area contributed by atoms with E-state index in [1.165, 1.54) is 83.5 Å². The van der Waals surface area contributed by atoms with Gasteiger partial charge in [0.15, 0.2) is 6.10 Å². The third kappa shape index (κ3) is 39.2. The van der Waals surface area contributed by atoms with Gasteiger partial charge in [0.05, 0.1) is 13.2 Å². The number of unbranched alkanes of at least 4 members (excludes halogenated alkanes) is 15.